The van der Waals surface area contributed by atoms with E-state index in [1.807, 2.05) is 18.4 Å². The summed E-state index contributed by atoms with van der Waals surface area (Å²) in [5.74, 6) is 1.69. The molecule has 0 unspecified atom stereocenters. The number of sulfonamides is 1. The molecule has 0 atom stereocenters. The van der Waals surface area contributed by atoms with Gasteiger partial charge in [0.2, 0.25) is 0 Å². The van der Waals surface area contributed by atoms with E-state index in [1.54, 1.807) is 6.20 Å². The molecule has 1 aliphatic rings. The Balaban J connectivity index is 2.36. The maximum Gasteiger partial charge on any atom is 0.257 e. The van der Waals surface area contributed by atoms with Gasteiger partial charge in [0.05, 0.1) is 0 Å². The third kappa shape index (κ3) is 2.44. The van der Waals surface area contributed by atoms with Gasteiger partial charge in [0.25, 0.3) is 10.0 Å². The number of nitrogens with zero attached hydrogens (tertiary/aromatic N) is 2. The fraction of sp³-hybridized carbons (Fsp3) is 0.700. The Labute approximate surface area is 95.7 Å². The number of hydrogen-bond acceptors (Lipinski definition) is 3. The number of aromatic nitrogens is 2. The van der Waals surface area contributed by atoms with Crippen LogP contribution in [0.25, 0.3) is 0 Å². The zero-order valence-corrected chi connectivity index (χ0v) is 10.4. The van der Waals surface area contributed by atoms with Gasteiger partial charge in [-0.1, -0.05) is 13.8 Å². The van der Waals surface area contributed by atoms with Crippen LogP contribution in [-0.4, -0.2) is 18.0 Å². The molecule has 0 aromatic carbocycles. The van der Waals surface area contributed by atoms with Gasteiger partial charge >= 0.3 is 0 Å². The summed E-state index contributed by atoms with van der Waals surface area (Å²) in [5, 5.41) is 5.07. The summed E-state index contributed by atoms with van der Waals surface area (Å²) in [7, 11) is -3.69. The molecular weight excluding hydrogens is 226 g/mol. The van der Waals surface area contributed by atoms with Gasteiger partial charge in [0.15, 0.2) is 5.03 Å². The lowest BCUT2D eigenvalue weighted by Crippen LogP contribution is -2.12. The Kier molecular flexibility index (Phi) is 2.79. The molecule has 0 saturated heterocycles. The average molecular weight is 243 g/mol. The molecule has 1 aromatic rings. The first-order valence-electron chi connectivity index (χ1n) is 5.48. The van der Waals surface area contributed by atoms with Crippen molar-refractivity contribution >= 4 is 10.0 Å². The lowest BCUT2D eigenvalue weighted by atomic mass is 10.2. The Morgan fingerprint density at radius 3 is 2.62 bits per heavy atom. The Morgan fingerprint density at radius 1 is 1.56 bits per heavy atom. The second kappa shape index (κ2) is 3.85. The van der Waals surface area contributed by atoms with Gasteiger partial charge in [-0.15, -0.1) is 0 Å². The number of rotatable bonds is 4. The maximum atomic E-state index is 11.2. The molecule has 2 N–H and O–H groups in total. The highest BCUT2D eigenvalue weighted by atomic mass is 32.2. The summed E-state index contributed by atoms with van der Waals surface area (Å²) in [5.41, 5.74) is 0. The third-order valence-corrected chi connectivity index (χ3v) is 3.52. The standard InChI is InChI=1S/C10H17N3O2S/c1-7(2)10-12-9(16(11,14)15)6-13(10)5-8-3-4-8/h6-8H,3-5H2,1-2H3,(H2,11,14,15). The number of nitrogens with two attached hydrogens (primary N) is 1. The minimum atomic E-state index is -3.69. The van der Waals surface area contributed by atoms with Crippen LogP contribution in [0.15, 0.2) is 11.2 Å². The van der Waals surface area contributed by atoms with Crippen molar-refractivity contribution in [1.82, 2.24) is 9.55 Å². The zero-order chi connectivity index (χ0) is 11.9. The Bertz CT molecular complexity index is 486. The molecule has 16 heavy (non-hydrogen) atoms. The first-order chi connectivity index (χ1) is 7.38. The molecule has 1 aromatic heterocycles. The van der Waals surface area contributed by atoms with Crippen LogP contribution in [0.1, 0.15) is 38.4 Å². The fourth-order valence-corrected chi connectivity index (χ4v) is 2.22. The van der Waals surface area contributed by atoms with E-state index in [1.165, 1.54) is 12.8 Å². The summed E-state index contributed by atoms with van der Waals surface area (Å²) in [6.07, 6.45) is 4.00. The molecule has 0 spiro atoms. The largest absolute Gasteiger partial charge is 0.333 e. The average Bonchev–Trinajstić information content (AvgIpc) is 2.80. The monoisotopic (exact) mass is 243 g/mol. The molecule has 1 heterocycles. The molecule has 1 fully saturated rings. The highest BCUT2D eigenvalue weighted by molar-refractivity contribution is 7.89. The van der Waals surface area contributed by atoms with Crippen LogP contribution in [0.2, 0.25) is 0 Å². The van der Waals surface area contributed by atoms with Crippen LogP contribution in [0.3, 0.4) is 0 Å². The van der Waals surface area contributed by atoms with Crippen LogP contribution < -0.4 is 5.14 Å². The van der Waals surface area contributed by atoms with Gasteiger partial charge in [-0.3, -0.25) is 0 Å². The van der Waals surface area contributed by atoms with E-state index in [2.05, 4.69) is 4.98 Å². The second-order valence-corrected chi connectivity index (χ2v) is 6.24. The quantitative estimate of drug-likeness (QED) is 0.859. The van der Waals surface area contributed by atoms with Gasteiger partial charge in [-0.2, -0.15) is 0 Å². The zero-order valence-electron chi connectivity index (χ0n) is 9.55. The first kappa shape index (κ1) is 11.6. The van der Waals surface area contributed by atoms with Crippen molar-refractivity contribution in [2.75, 3.05) is 0 Å². The van der Waals surface area contributed by atoms with Crippen molar-refractivity contribution in [1.29, 1.82) is 0 Å². The van der Waals surface area contributed by atoms with Crippen LogP contribution in [0, 0.1) is 5.92 Å². The van der Waals surface area contributed by atoms with E-state index in [0.717, 1.165) is 12.4 Å². The molecule has 0 bridgehead atoms. The predicted molar refractivity (Wildman–Crippen MR) is 60.4 cm³/mol. The van der Waals surface area contributed by atoms with E-state index < -0.39 is 10.0 Å². The van der Waals surface area contributed by atoms with Crippen molar-refractivity contribution in [3.63, 3.8) is 0 Å². The fourth-order valence-electron chi connectivity index (χ4n) is 1.73. The summed E-state index contributed by atoms with van der Waals surface area (Å²) in [4.78, 5) is 4.11. The smallest absolute Gasteiger partial charge is 0.257 e. The van der Waals surface area contributed by atoms with Gasteiger partial charge in [0.1, 0.15) is 5.82 Å². The summed E-state index contributed by atoms with van der Waals surface area (Å²) in [6, 6.07) is 0. The number of primary sulfonamides is 1. The highest BCUT2D eigenvalue weighted by Crippen LogP contribution is 2.32. The predicted octanol–water partition coefficient (Wildman–Crippen LogP) is 1.06. The van der Waals surface area contributed by atoms with Crippen molar-refractivity contribution < 1.29 is 8.42 Å². The lowest BCUT2D eigenvalue weighted by Gasteiger charge is -2.08. The summed E-state index contributed by atoms with van der Waals surface area (Å²) >= 11 is 0. The lowest BCUT2D eigenvalue weighted by molar-refractivity contribution is 0.575. The number of imidazole rings is 1. The molecule has 90 valence electrons. The van der Waals surface area contributed by atoms with Crippen molar-refractivity contribution in [2.24, 2.45) is 11.1 Å². The van der Waals surface area contributed by atoms with Gasteiger partial charge in [-0.05, 0) is 18.8 Å². The minimum Gasteiger partial charge on any atom is -0.333 e. The van der Waals surface area contributed by atoms with Gasteiger partial charge in [-0.25, -0.2) is 18.5 Å². The molecule has 1 aliphatic carbocycles. The van der Waals surface area contributed by atoms with Gasteiger partial charge < -0.3 is 4.57 Å². The molecule has 0 amide bonds. The van der Waals surface area contributed by atoms with E-state index in [9.17, 15) is 8.42 Å². The van der Waals surface area contributed by atoms with Crippen LogP contribution in [-0.2, 0) is 16.6 Å². The van der Waals surface area contributed by atoms with Crippen molar-refractivity contribution in [2.45, 2.75) is 44.2 Å². The summed E-state index contributed by atoms with van der Waals surface area (Å²) < 4.78 is 24.4. The normalized spacial score (nSPS) is 17.0. The molecule has 0 aliphatic heterocycles. The van der Waals surface area contributed by atoms with Crippen LogP contribution >= 0.6 is 0 Å². The van der Waals surface area contributed by atoms with E-state index in [4.69, 9.17) is 5.14 Å². The minimum absolute atomic E-state index is 0.0168. The Morgan fingerprint density at radius 2 is 2.19 bits per heavy atom. The topological polar surface area (TPSA) is 78.0 Å². The molecular formula is C10H17N3O2S. The van der Waals surface area contributed by atoms with Crippen LogP contribution in [0.5, 0.6) is 0 Å². The van der Waals surface area contributed by atoms with E-state index in [-0.39, 0.29) is 10.9 Å². The summed E-state index contributed by atoms with van der Waals surface area (Å²) in [6.45, 7) is 4.85. The third-order valence-electron chi connectivity index (χ3n) is 2.75. The maximum absolute atomic E-state index is 11.2. The number of hydrogen-bond donors (Lipinski definition) is 1. The molecule has 5 nitrogen and oxygen atoms in total. The molecule has 1 saturated carbocycles. The van der Waals surface area contributed by atoms with E-state index in [0.29, 0.717) is 5.92 Å². The first-order valence-corrected chi connectivity index (χ1v) is 7.02. The molecule has 2 rings (SSSR count). The van der Waals surface area contributed by atoms with Crippen LogP contribution in [0.4, 0.5) is 0 Å². The highest BCUT2D eigenvalue weighted by Gasteiger charge is 2.25. The van der Waals surface area contributed by atoms with E-state index >= 15 is 0 Å². The second-order valence-electron chi connectivity index (χ2n) is 4.73. The molecule has 0 radical (unpaired) electrons. The molecule has 6 heteroatoms. The SMILES string of the molecule is CC(C)c1nc(S(N)(=O)=O)cn1CC1CC1. The van der Waals surface area contributed by atoms with Gasteiger partial charge in [0, 0.05) is 18.7 Å². The van der Waals surface area contributed by atoms with Crippen molar-refractivity contribution in [3.8, 4) is 0 Å². The Hall–Kier alpha value is -0.880. The van der Waals surface area contributed by atoms with Crippen molar-refractivity contribution in [3.05, 3.63) is 12.0 Å².